The topological polar surface area (TPSA) is 34.9 Å². The molecule has 0 unspecified atom stereocenters. The zero-order chi connectivity index (χ0) is 11.4. The van der Waals surface area contributed by atoms with Gasteiger partial charge in [0.05, 0.1) is 16.4 Å². The Hall–Kier alpha value is -0.830. The average Bonchev–Trinajstić information content (AvgIpc) is 2.52. The van der Waals surface area contributed by atoms with Crippen LogP contribution in [0.2, 0.25) is 5.02 Å². The summed E-state index contributed by atoms with van der Waals surface area (Å²) in [7, 11) is 0. The lowest BCUT2D eigenvalue weighted by Crippen LogP contribution is -2.06. The van der Waals surface area contributed by atoms with Crippen molar-refractivity contribution < 1.29 is 4.79 Å². The van der Waals surface area contributed by atoms with E-state index in [1.807, 2.05) is 25.5 Å². The highest BCUT2D eigenvalue weighted by Crippen LogP contribution is 2.21. The zero-order valence-corrected chi connectivity index (χ0v) is 10.3. The molecule has 0 aliphatic heterocycles. The molecule has 0 saturated heterocycles. The molecule has 0 aliphatic carbocycles. The van der Waals surface area contributed by atoms with Gasteiger partial charge in [-0.1, -0.05) is 18.5 Å². The standard InChI is InChI=1S/C11H17ClN2O/c1-4-9(15)6-7-10-11(12)8(3)13-14(10)5-2/h4-7H2,1-3H3. The number of aromatic nitrogens is 2. The van der Waals surface area contributed by atoms with Gasteiger partial charge < -0.3 is 0 Å². The molecule has 4 heteroatoms. The number of carbonyl (C=O) groups excluding carboxylic acids is 1. The fourth-order valence-electron chi connectivity index (χ4n) is 1.54. The van der Waals surface area contributed by atoms with E-state index in [9.17, 15) is 4.79 Å². The van der Waals surface area contributed by atoms with Crippen LogP contribution in [0.5, 0.6) is 0 Å². The van der Waals surface area contributed by atoms with E-state index in [-0.39, 0.29) is 5.78 Å². The molecule has 0 aromatic carbocycles. The van der Waals surface area contributed by atoms with Crippen molar-refractivity contribution in [3.8, 4) is 0 Å². The molecular formula is C11H17ClN2O. The Labute approximate surface area is 95.4 Å². The van der Waals surface area contributed by atoms with Gasteiger partial charge in [-0.2, -0.15) is 5.10 Å². The second kappa shape index (κ2) is 5.31. The molecule has 3 nitrogen and oxygen atoms in total. The van der Waals surface area contributed by atoms with Crippen LogP contribution in [0, 0.1) is 6.92 Å². The SMILES string of the molecule is CCC(=O)CCc1c(Cl)c(C)nn1CC. The first-order valence-corrected chi connectivity index (χ1v) is 5.71. The summed E-state index contributed by atoms with van der Waals surface area (Å²) in [6.07, 6.45) is 1.85. The lowest BCUT2D eigenvalue weighted by Gasteiger charge is -2.04. The number of rotatable bonds is 5. The van der Waals surface area contributed by atoms with E-state index >= 15 is 0 Å². The van der Waals surface area contributed by atoms with Crippen LogP contribution in [-0.4, -0.2) is 15.6 Å². The Morgan fingerprint density at radius 1 is 1.47 bits per heavy atom. The summed E-state index contributed by atoms with van der Waals surface area (Å²) < 4.78 is 1.88. The lowest BCUT2D eigenvalue weighted by molar-refractivity contribution is -0.118. The number of ketones is 1. The van der Waals surface area contributed by atoms with Gasteiger partial charge in [0, 0.05) is 19.4 Å². The third kappa shape index (κ3) is 2.81. The second-order valence-corrected chi connectivity index (χ2v) is 3.93. The molecule has 1 rings (SSSR count). The van der Waals surface area contributed by atoms with E-state index in [2.05, 4.69) is 5.10 Å². The quantitative estimate of drug-likeness (QED) is 0.777. The Bertz CT molecular complexity index is 358. The van der Waals surface area contributed by atoms with Crippen LogP contribution < -0.4 is 0 Å². The van der Waals surface area contributed by atoms with Gasteiger partial charge in [-0.05, 0) is 20.3 Å². The Morgan fingerprint density at radius 2 is 2.13 bits per heavy atom. The number of halogens is 1. The van der Waals surface area contributed by atoms with Crippen LogP contribution in [0.3, 0.4) is 0 Å². The Balaban J connectivity index is 2.79. The summed E-state index contributed by atoms with van der Waals surface area (Å²) in [6, 6.07) is 0. The van der Waals surface area contributed by atoms with Crippen LogP contribution in [0.25, 0.3) is 0 Å². The van der Waals surface area contributed by atoms with E-state index in [1.54, 1.807) is 0 Å². The van der Waals surface area contributed by atoms with Gasteiger partial charge in [0.15, 0.2) is 0 Å². The van der Waals surface area contributed by atoms with E-state index in [1.165, 1.54) is 0 Å². The van der Waals surface area contributed by atoms with Crippen molar-refractivity contribution in [3.63, 3.8) is 0 Å². The smallest absolute Gasteiger partial charge is 0.133 e. The first-order valence-electron chi connectivity index (χ1n) is 5.33. The minimum atomic E-state index is 0.271. The highest BCUT2D eigenvalue weighted by atomic mass is 35.5. The van der Waals surface area contributed by atoms with Gasteiger partial charge in [-0.15, -0.1) is 0 Å². The molecule has 0 radical (unpaired) electrons. The Morgan fingerprint density at radius 3 is 2.67 bits per heavy atom. The fourth-order valence-corrected chi connectivity index (χ4v) is 1.77. The maximum Gasteiger partial charge on any atom is 0.133 e. The van der Waals surface area contributed by atoms with E-state index in [0.29, 0.717) is 24.3 Å². The summed E-state index contributed by atoms with van der Waals surface area (Å²) in [4.78, 5) is 11.2. The summed E-state index contributed by atoms with van der Waals surface area (Å²) in [6.45, 7) is 6.59. The van der Waals surface area contributed by atoms with Crippen molar-refractivity contribution in [1.29, 1.82) is 0 Å². The molecule has 0 bridgehead atoms. The third-order valence-electron chi connectivity index (χ3n) is 2.49. The molecule has 1 aromatic rings. The zero-order valence-electron chi connectivity index (χ0n) is 9.51. The average molecular weight is 229 g/mol. The van der Waals surface area contributed by atoms with Crippen molar-refractivity contribution in [3.05, 3.63) is 16.4 Å². The molecular weight excluding hydrogens is 212 g/mol. The van der Waals surface area contributed by atoms with Crippen LogP contribution in [0.4, 0.5) is 0 Å². The van der Waals surface area contributed by atoms with Crippen molar-refractivity contribution in [1.82, 2.24) is 9.78 Å². The monoisotopic (exact) mass is 228 g/mol. The van der Waals surface area contributed by atoms with Crippen LogP contribution in [0.1, 0.15) is 38.1 Å². The normalized spacial score (nSPS) is 10.7. The van der Waals surface area contributed by atoms with Gasteiger partial charge in [0.2, 0.25) is 0 Å². The highest BCUT2D eigenvalue weighted by molar-refractivity contribution is 6.31. The molecule has 0 fully saturated rings. The molecule has 0 spiro atoms. The van der Waals surface area contributed by atoms with E-state index < -0.39 is 0 Å². The minimum Gasteiger partial charge on any atom is -0.300 e. The molecule has 1 aromatic heterocycles. The van der Waals surface area contributed by atoms with Gasteiger partial charge in [-0.3, -0.25) is 9.48 Å². The molecule has 0 N–H and O–H groups in total. The van der Waals surface area contributed by atoms with Gasteiger partial charge in [0.1, 0.15) is 5.78 Å². The van der Waals surface area contributed by atoms with Crippen molar-refractivity contribution in [2.45, 2.75) is 46.6 Å². The predicted molar refractivity (Wildman–Crippen MR) is 61.3 cm³/mol. The number of Topliss-reactive ketones (excluding diaryl/α,β-unsaturated/α-hetero) is 1. The molecule has 15 heavy (non-hydrogen) atoms. The molecule has 84 valence electrons. The minimum absolute atomic E-state index is 0.271. The van der Waals surface area contributed by atoms with Gasteiger partial charge >= 0.3 is 0 Å². The fraction of sp³-hybridized carbons (Fsp3) is 0.636. The van der Waals surface area contributed by atoms with Gasteiger partial charge in [-0.25, -0.2) is 0 Å². The molecule has 1 heterocycles. The van der Waals surface area contributed by atoms with E-state index in [4.69, 9.17) is 11.6 Å². The number of hydrogen-bond donors (Lipinski definition) is 0. The Kier molecular flexibility index (Phi) is 4.33. The van der Waals surface area contributed by atoms with Crippen molar-refractivity contribution >= 4 is 17.4 Å². The third-order valence-corrected chi connectivity index (χ3v) is 2.98. The number of aryl methyl sites for hydroxylation is 2. The maximum absolute atomic E-state index is 11.2. The summed E-state index contributed by atoms with van der Waals surface area (Å²) in [5.74, 6) is 0.271. The summed E-state index contributed by atoms with van der Waals surface area (Å²) in [5.41, 5.74) is 1.83. The highest BCUT2D eigenvalue weighted by Gasteiger charge is 2.13. The number of hydrogen-bond acceptors (Lipinski definition) is 2. The van der Waals surface area contributed by atoms with Crippen LogP contribution in [-0.2, 0) is 17.8 Å². The van der Waals surface area contributed by atoms with E-state index in [0.717, 1.165) is 17.9 Å². The van der Waals surface area contributed by atoms with Crippen LogP contribution >= 0.6 is 11.6 Å². The first kappa shape index (κ1) is 12.2. The number of nitrogens with zero attached hydrogens (tertiary/aromatic N) is 2. The molecule has 0 saturated carbocycles. The summed E-state index contributed by atoms with van der Waals surface area (Å²) >= 11 is 6.12. The molecule has 0 aliphatic rings. The number of carbonyl (C=O) groups is 1. The van der Waals surface area contributed by atoms with Crippen molar-refractivity contribution in [2.24, 2.45) is 0 Å². The second-order valence-electron chi connectivity index (χ2n) is 3.55. The first-order chi connectivity index (χ1) is 7.10. The van der Waals surface area contributed by atoms with Gasteiger partial charge in [0.25, 0.3) is 0 Å². The predicted octanol–water partition coefficient (Wildman–Crippen LogP) is 2.78. The molecule has 0 atom stereocenters. The maximum atomic E-state index is 11.2. The molecule has 0 amide bonds. The van der Waals surface area contributed by atoms with Crippen molar-refractivity contribution in [2.75, 3.05) is 0 Å². The van der Waals surface area contributed by atoms with Crippen LogP contribution in [0.15, 0.2) is 0 Å². The largest absolute Gasteiger partial charge is 0.300 e. The lowest BCUT2D eigenvalue weighted by atomic mass is 10.1. The summed E-state index contributed by atoms with van der Waals surface area (Å²) in [5, 5.41) is 5.01.